The summed E-state index contributed by atoms with van der Waals surface area (Å²) in [6, 6.07) is 10.3. The molecule has 20 heavy (non-hydrogen) atoms. The third-order valence-corrected chi connectivity index (χ3v) is 2.83. The van der Waals surface area contributed by atoms with E-state index in [1.807, 2.05) is 13.0 Å². The van der Waals surface area contributed by atoms with Crippen LogP contribution in [0.25, 0.3) is 0 Å². The van der Waals surface area contributed by atoms with Crippen molar-refractivity contribution < 1.29 is 9.90 Å². The van der Waals surface area contributed by atoms with Crippen LogP contribution in [0.2, 0.25) is 0 Å². The van der Waals surface area contributed by atoms with Crippen molar-refractivity contribution in [3.8, 4) is 6.07 Å². The maximum atomic E-state index is 11.0. The maximum absolute atomic E-state index is 11.0. The molecule has 1 aromatic carbocycles. The molecule has 0 fully saturated rings. The van der Waals surface area contributed by atoms with Crippen LogP contribution in [-0.4, -0.2) is 16.1 Å². The van der Waals surface area contributed by atoms with E-state index in [0.29, 0.717) is 17.1 Å². The number of carboxylic acids is 1. The van der Waals surface area contributed by atoms with Crippen molar-refractivity contribution in [2.24, 2.45) is 0 Å². The number of pyridine rings is 1. The van der Waals surface area contributed by atoms with E-state index in [0.717, 1.165) is 11.3 Å². The molecule has 100 valence electrons. The Labute approximate surface area is 116 Å². The van der Waals surface area contributed by atoms with Gasteiger partial charge in [0.15, 0.2) is 0 Å². The van der Waals surface area contributed by atoms with Crippen molar-refractivity contribution in [1.82, 2.24) is 4.98 Å². The lowest BCUT2D eigenvalue weighted by Crippen LogP contribution is -2.02. The molecule has 0 radical (unpaired) electrons. The minimum absolute atomic E-state index is 0.175. The van der Waals surface area contributed by atoms with Crippen molar-refractivity contribution >= 4 is 17.5 Å². The Morgan fingerprint density at radius 2 is 2.05 bits per heavy atom. The van der Waals surface area contributed by atoms with Gasteiger partial charge in [-0.05, 0) is 43.7 Å². The SMILES string of the molecule is Cc1cc(C(=O)O)cc(Nc2cc(C#N)ccc2C)n1. The lowest BCUT2D eigenvalue weighted by atomic mass is 10.1. The van der Waals surface area contributed by atoms with E-state index < -0.39 is 5.97 Å². The first-order valence-corrected chi connectivity index (χ1v) is 5.99. The number of hydrogen-bond donors (Lipinski definition) is 2. The average molecular weight is 267 g/mol. The highest BCUT2D eigenvalue weighted by Crippen LogP contribution is 2.21. The molecule has 0 aliphatic carbocycles. The summed E-state index contributed by atoms with van der Waals surface area (Å²) in [7, 11) is 0. The number of hydrogen-bond acceptors (Lipinski definition) is 4. The average Bonchev–Trinajstić information content (AvgIpc) is 2.40. The van der Waals surface area contributed by atoms with Crippen LogP contribution >= 0.6 is 0 Å². The first kappa shape index (κ1) is 13.6. The molecule has 1 heterocycles. The fraction of sp³-hybridized carbons (Fsp3) is 0.133. The first-order valence-electron chi connectivity index (χ1n) is 5.99. The third kappa shape index (κ3) is 2.93. The standard InChI is InChI=1S/C15H13N3O2/c1-9-3-4-11(8-16)6-13(9)18-14-7-12(15(19)20)5-10(2)17-14/h3-7H,1-2H3,(H,17,18)(H,19,20). The summed E-state index contributed by atoms with van der Waals surface area (Å²) in [6.07, 6.45) is 0. The quantitative estimate of drug-likeness (QED) is 0.892. The number of aryl methyl sites for hydroxylation is 2. The summed E-state index contributed by atoms with van der Waals surface area (Å²) in [5.74, 6) is -0.554. The van der Waals surface area contributed by atoms with Crippen molar-refractivity contribution in [2.75, 3.05) is 5.32 Å². The molecule has 2 aromatic rings. The van der Waals surface area contributed by atoms with E-state index >= 15 is 0 Å². The van der Waals surface area contributed by atoms with E-state index in [9.17, 15) is 4.79 Å². The molecule has 0 bridgehead atoms. The molecular weight excluding hydrogens is 254 g/mol. The highest BCUT2D eigenvalue weighted by atomic mass is 16.4. The zero-order chi connectivity index (χ0) is 14.7. The number of nitrogens with one attached hydrogen (secondary N) is 1. The van der Waals surface area contributed by atoms with Gasteiger partial charge in [-0.2, -0.15) is 5.26 Å². The van der Waals surface area contributed by atoms with Crippen LogP contribution in [0.3, 0.4) is 0 Å². The summed E-state index contributed by atoms with van der Waals surface area (Å²) in [6.45, 7) is 3.63. The molecule has 0 atom stereocenters. The van der Waals surface area contributed by atoms with Crippen LogP contribution in [0.15, 0.2) is 30.3 Å². The van der Waals surface area contributed by atoms with Gasteiger partial charge in [-0.1, -0.05) is 6.07 Å². The zero-order valence-electron chi connectivity index (χ0n) is 11.1. The summed E-state index contributed by atoms with van der Waals surface area (Å²) >= 11 is 0. The Hall–Kier alpha value is -2.87. The van der Waals surface area contributed by atoms with Crippen LogP contribution in [0.1, 0.15) is 27.2 Å². The third-order valence-electron chi connectivity index (χ3n) is 2.83. The van der Waals surface area contributed by atoms with E-state index in [1.165, 1.54) is 12.1 Å². The Morgan fingerprint density at radius 1 is 1.30 bits per heavy atom. The Bertz CT molecular complexity index is 718. The predicted octanol–water partition coefficient (Wildman–Crippen LogP) is 3.01. The second-order valence-corrected chi connectivity index (χ2v) is 4.45. The summed E-state index contributed by atoms with van der Waals surface area (Å²) in [5.41, 5.74) is 3.00. The van der Waals surface area contributed by atoms with Gasteiger partial charge in [0.1, 0.15) is 5.82 Å². The Morgan fingerprint density at radius 3 is 2.70 bits per heavy atom. The zero-order valence-corrected chi connectivity index (χ0v) is 11.1. The van der Waals surface area contributed by atoms with Gasteiger partial charge in [-0.25, -0.2) is 9.78 Å². The van der Waals surface area contributed by atoms with Gasteiger partial charge < -0.3 is 10.4 Å². The second-order valence-electron chi connectivity index (χ2n) is 4.45. The number of carbonyl (C=O) groups is 1. The monoisotopic (exact) mass is 267 g/mol. The number of benzene rings is 1. The number of nitriles is 1. The van der Waals surface area contributed by atoms with Crippen molar-refractivity contribution in [3.05, 3.63) is 52.7 Å². The number of aromatic nitrogens is 1. The molecule has 0 unspecified atom stereocenters. The predicted molar refractivity (Wildman–Crippen MR) is 75.1 cm³/mol. The number of anilines is 2. The topological polar surface area (TPSA) is 86.0 Å². The van der Waals surface area contributed by atoms with Gasteiger partial charge in [-0.3, -0.25) is 0 Å². The van der Waals surface area contributed by atoms with E-state index in [2.05, 4.69) is 16.4 Å². The van der Waals surface area contributed by atoms with Crippen LogP contribution in [0.5, 0.6) is 0 Å². The molecule has 0 spiro atoms. The molecule has 5 heteroatoms. The molecule has 0 saturated heterocycles. The fourth-order valence-corrected chi connectivity index (χ4v) is 1.82. The lowest BCUT2D eigenvalue weighted by molar-refractivity contribution is 0.0696. The molecule has 0 amide bonds. The number of carboxylic acid groups (broad SMARTS) is 1. The maximum Gasteiger partial charge on any atom is 0.335 e. The molecule has 2 rings (SSSR count). The summed E-state index contributed by atoms with van der Waals surface area (Å²) in [5, 5.41) is 21.0. The summed E-state index contributed by atoms with van der Waals surface area (Å²) < 4.78 is 0. The number of nitrogens with zero attached hydrogens (tertiary/aromatic N) is 2. The largest absolute Gasteiger partial charge is 0.478 e. The normalized spacial score (nSPS) is 9.85. The molecular formula is C15H13N3O2. The van der Waals surface area contributed by atoms with E-state index in [1.54, 1.807) is 19.1 Å². The van der Waals surface area contributed by atoms with Crippen LogP contribution < -0.4 is 5.32 Å². The van der Waals surface area contributed by atoms with E-state index in [-0.39, 0.29) is 5.56 Å². The van der Waals surface area contributed by atoms with Gasteiger partial charge in [0.25, 0.3) is 0 Å². The van der Waals surface area contributed by atoms with Gasteiger partial charge in [0, 0.05) is 11.4 Å². The molecule has 2 N–H and O–H groups in total. The van der Waals surface area contributed by atoms with Crippen molar-refractivity contribution in [1.29, 1.82) is 5.26 Å². The van der Waals surface area contributed by atoms with Crippen LogP contribution in [0.4, 0.5) is 11.5 Å². The highest BCUT2D eigenvalue weighted by Gasteiger charge is 2.08. The lowest BCUT2D eigenvalue weighted by Gasteiger charge is -2.10. The Balaban J connectivity index is 2.40. The smallest absolute Gasteiger partial charge is 0.335 e. The minimum Gasteiger partial charge on any atom is -0.478 e. The molecule has 5 nitrogen and oxygen atoms in total. The van der Waals surface area contributed by atoms with Gasteiger partial charge in [0.2, 0.25) is 0 Å². The van der Waals surface area contributed by atoms with Gasteiger partial charge >= 0.3 is 5.97 Å². The molecule has 0 aliphatic rings. The van der Waals surface area contributed by atoms with Crippen molar-refractivity contribution in [2.45, 2.75) is 13.8 Å². The molecule has 1 aromatic heterocycles. The van der Waals surface area contributed by atoms with Gasteiger partial charge in [0.05, 0.1) is 17.2 Å². The Kier molecular flexibility index (Phi) is 3.67. The van der Waals surface area contributed by atoms with Crippen LogP contribution in [-0.2, 0) is 0 Å². The van der Waals surface area contributed by atoms with Gasteiger partial charge in [-0.15, -0.1) is 0 Å². The fourth-order valence-electron chi connectivity index (χ4n) is 1.82. The molecule has 0 saturated carbocycles. The van der Waals surface area contributed by atoms with Crippen LogP contribution in [0, 0.1) is 25.2 Å². The number of aromatic carboxylic acids is 1. The second kappa shape index (κ2) is 5.41. The molecule has 0 aliphatic heterocycles. The number of rotatable bonds is 3. The minimum atomic E-state index is -0.999. The van der Waals surface area contributed by atoms with E-state index in [4.69, 9.17) is 10.4 Å². The summed E-state index contributed by atoms with van der Waals surface area (Å²) in [4.78, 5) is 15.3. The van der Waals surface area contributed by atoms with Crippen molar-refractivity contribution in [3.63, 3.8) is 0 Å². The first-order chi connectivity index (χ1) is 9.49. The highest BCUT2D eigenvalue weighted by molar-refractivity contribution is 5.88.